The van der Waals surface area contributed by atoms with E-state index in [1.807, 2.05) is 11.0 Å². The zero-order chi connectivity index (χ0) is 11.4. The molecule has 0 unspecified atom stereocenters. The van der Waals surface area contributed by atoms with Crippen LogP contribution in [-0.4, -0.2) is 36.5 Å². The molecule has 2 rings (SSSR count). The number of carbonyl (C=O) groups excluding carboxylic acids is 1. The minimum Gasteiger partial charge on any atom is -0.337 e. The van der Waals surface area contributed by atoms with E-state index in [1.54, 1.807) is 11.3 Å². The maximum atomic E-state index is 12.0. The van der Waals surface area contributed by atoms with Gasteiger partial charge in [0, 0.05) is 37.0 Å². The van der Waals surface area contributed by atoms with Crippen LogP contribution in [0.3, 0.4) is 0 Å². The number of hydrogen-bond acceptors (Lipinski definition) is 3. The third-order valence-corrected chi connectivity index (χ3v) is 3.92. The molecule has 0 bridgehead atoms. The Morgan fingerprint density at radius 2 is 2.56 bits per heavy atom. The summed E-state index contributed by atoms with van der Waals surface area (Å²) in [6.07, 6.45) is 1.53. The average molecular weight is 238 g/mol. The smallest absolute Gasteiger partial charge is 0.223 e. The normalized spacial score (nSPS) is 21.1. The summed E-state index contributed by atoms with van der Waals surface area (Å²) in [6, 6.07) is 4.47. The van der Waals surface area contributed by atoms with Crippen molar-refractivity contribution in [3.05, 3.63) is 22.4 Å². The highest BCUT2D eigenvalue weighted by molar-refractivity contribution is 7.09. The van der Waals surface area contributed by atoms with E-state index >= 15 is 0 Å². The molecule has 0 saturated carbocycles. The molecule has 1 saturated heterocycles. The first kappa shape index (κ1) is 11.6. The molecule has 2 heterocycles. The molecule has 1 N–H and O–H groups in total. The van der Waals surface area contributed by atoms with Crippen LogP contribution < -0.4 is 5.32 Å². The lowest BCUT2D eigenvalue weighted by Gasteiger charge is -2.34. The second-order valence-corrected chi connectivity index (χ2v) is 5.25. The molecular formula is C12H18N2OS. The summed E-state index contributed by atoms with van der Waals surface area (Å²) in [5.41, 5.74) is 0. The predicted octanol–water partition coefficient (Wildman–Crippen LogP) is 1.50. The highest BCUT2D eigenvalue weighted by Crippen LogP contribution is 2.13. The van der Waals surface area contributed by atoms with Gasteiger partial charge in [-0.2, -0.15) is 0 Å². The minimum atomic E-state index is 0.294. The van der Waals surface area contributed by atoms with Crippen molar-refractivity contribution in [2.24, 2.45) is 0 Å². The SMILES string of the molecule is C[C@@H]1CNCCN1C(=O)CCc1cccs1. The molecule has 0 radical (unpaired) electrons. The maximum absolute atomic E-state index is 12.0. The lowest BCUT2D eigenvalue weighted by atomic mass is 10.1. The molecule has 1 aromatic rings. The highest BCUT2D eigenvalue weighted by atomic mass is 32.1. The summed E-state index contributed by atoms with van der Waals surface area (Å²) >= 11 is 1.73. The highest BCUT2D eigenvalue weighted by Gasteiger charge is 2.22. The molecule has 1 atom stereocenters. The van der Waals surface area contributed by atoms with Crippen molar-refractivity contribution in [1.82, 2.24) is 10.2 Å². The van der Waals surface area contributed by atoms with E-state index in [0.29, 0.717) is 18.4 Å². The molecule has 1 amide bonds. The molecule has 0 spiro atoms. The van der Waals surface area contributed by atoms with Gasteiger partial charge in [-0.05, 0) is 24.8 Å². The van der Waals surface area contributed by atoms with Crippen LogP contribution in [0.1, 0.15) is 18.2 Å². The third kappa shape index (κ3) is 2.83. The monoisotopic (exact) mass is 238 g/mol. The summed E-state index contributed by atoms with van der Waals surface area (Å²) in [4.78, 5) is 15.3. The fourth-order valence-electron chi connectivity index (χ4n) is 2.04. The van der Waals surface area contributed by atoms with Gasteiger partial charge in [-0.1, -0.05) is 6.07 Å². The van der Waals surface area contributed by atoms with Crippen LogP contribution >= 0.6 is 11.3 Å². The molecular weight excluding hydrogens is 220 g/mol. The Hall–Kier alpha value is -0.870. The van der Waals surface area contributed by atoms with Crippen molar-refractivity contribution in [3.63, 3.8) is 0 Å². The Morgan fingerprint density at radius 1 is 1.69 bits per heavy atom. The van der Waals surface area contributed by atoms with Gasteiger partial charge in [-0.3, -0.25) is 4.79 Å². The number of nitrogens with zero attached hydrogens (tertiary/aromatic N) is 1. The van der Waals surface area contributed by atoms with Crippen LogP contribution in [0, 0.1) is 0 Å². The van der Waals surface area contributed by atoms with Gasteiger partial charge in [0.1, 0.15) is 0 Å². The first-order valence-electron chi connectivity index (χ1n) is 5.80. The summed E-state index contributed by atoms with van der Waals surface area (Å²) < 4.78 is 0. The number of nitrogens with one attached hydrogen (secondary N) is 1. The van der Waals surface area contributed by atoms with Gasteiger partial charge >= 0.3 is 0 Å². The average Bonchev–Trinajstić information content (AvgIpc) is 2.79. The predicted molar refractivity (Wildman–Crippen MR) is 66.7 cm³/mol. The third-order valence-electron chi connectivity index (χ3n) is 2.99. The first-order chi connectivity index (χ1) is 7.77. The van der Waals surface area contributed by atoms with Crippen molar-refractivity contribution in [2.45, 2.75) is 25.8 Å². The van der Waals surface area contributed by atoms with E-state index in [-0.39, 0.29) is 0 Å². The first-order valence-corrected chi connectivity index (χ1v) is 6.68. The molecule has 16 heavy (non-hydrogen) atoms. The number of carbonyl (C=O) groups is 1. The fourth-order valence-corrected chi connectivity index (χ4v) is 2.75. The standard InChI is InChI=1S/C12H18N2OS/c1-10-9-13-6-7-14(10)12(15)5-4-11-3-2-8-16-11/h2-3,8,10,13H,4-7,9H2,1H3/t10-/m1/s1. The Labute approximate surface area is 100 Å². The van der Waals surface area contributed by atoms with E-state index in [2.05, 4.69) is 23.7 Å². The van der Waals surface area contributed by atoms with Crippen LogP contribution in [0.2, 0.25) is 0 Å². The molecule has 0 aromatic carbocycles. The van der Waals surface area contributed by atoms with Crippen LogP contribution in [0.25, 0.3) is 0 Å². The van der Waals surface area contributed by atoms with Crippen molar-refractivity contribution < 1.29 is 4.79 Å². The van der Waals surface area contributed by atoms with Gasteiger partial charge < -0.3 is 10.2 Å². The number of thiophene rings is 1. The van der Waals surface area contributed by atoms with Gasteiger partial charge in [0.05, 0.1) is 0 Å². The largest absolute Gasteiger partial charge is 0.337 e. The number of aryl methyl sites for hydroxylation is 1. The van der Waals surface area contributed by atoms with E-state index < -0.39 is 0 Å². The van der Waals surface area contributed by atoms with Crippen molar-refractivity contribution in [1.29, 1.82) is 0 Å². The molecule has 4 heteroatoms. The van der Waals surface area contributed by atoms with E-state index in [0.717, 1.165) is 26.1 Å². The van der Waals surface area contributed by atoms with Gasteiger partial charge in [0.15, 0.2) is 0 Å². The number of hydrogen-bond donors (Lipinski definition) is 1. The lowest BCUT2D eigenvalue weighted by molar-refractivity contribution is -0.133. The number of piperazine rings is 1. The summed E-state index contributed by atoms with van der Waals surface area (Å²) in [6.45, 7) is 4.81. The fraction of sp³-hybridized carbons (Fsp3) is 0.583. The molecule has 1 aliphatic heterocycles. The molecule has 88 valence electrons. The topological polar surface area (TPSA) is 32.3 Å². The summed E-state index contributed by atoms with van der Waals surface area (Å²) in [7, 11) is 0. The number of amides is 1. The molecule has 1 fully saturated rings. The Morgan fingerprint density at radius 3 is 3.25 bits per heavy atom. The maximum Gasteiger partial charge on any atom is 0.223 e. The van der Waals surface area contributed by atoms with Crippen molar-refractivity contribution in [2.75, 3.05) is 19.6 Å². The Bertz CT molecular complexity index is 337. The van der Waals surface area contributed by atoms with E-state index in [1.165, 1.54) is 4.88 Å². The minimum absolute atomic E-state index is 0.294. The van der Waals surface area contributed by atoms with Gasteiger partial charge in [0.25, 0.3) is 0 Å². The van der Waals surface area contributed by atoms with Crippen LogP contribution in [0.5, 0.6) is 0 Å². The van der Waals surface area contributed by atoms with Crippen molar-refractivity contribution in [3.8, 4) is 0 Å². The molecule has 3 nitrogen and oxygen atoms in total. The molecule has 1 aromatic heterocycles. The van der Waals surface area contributed by atoms with Gasteiger partial charge in [-0.25, -0.2) is 0 Å². The van der Waals surface area contributed by atoms with E-state index in [4.69, 9.17) is 0 Å². The summed E-state index contributed by atoms with van der Waals surface area (Å²) in [5, 5.41) is 5.36. The number of rotatable bonds is 3. The van der Waals surface area contributed by atoms with E-state index in [9.17, 15) is 4.79 Å². The van der Waals surface area contributed by atoms with Crippen LogP contribution in [0.4, 0.5) is 0 Å². The molecule has 1 aliphatic rings. The Kier molecular flexibility index (Phi) is 3.96. The zero-order valence-electron chi connectivity index (χ0n) is 9.61. The van der Waals surface area contributed by atoms with Gasteiger partial charge in [-0.15, -0.1) is 11.3 Å². The van der Waals surface area contributed by atoms with Gasteiger partial charge in [0.2, 0.25) is 5.91 Å². The Balaban J connectivity index is 1.83. The van der Waals surface area contributed by atoms with Crippen molar-refractivity contribution >= 4 is 17.2 Å². The van der Waals surface area contributed by atoms with Crippen LogP contribution in [-0.2, 0) is 11.2 Å². The second-order valence-electron chi connectivity index (χ2n) is 4.22. The quantitative estimate of drug-likeness (QED) is 0.865. The van der Waals surface area contributed by atoms with Crippen LogP contribution in [0.15, 0.2) is 17.5 Å². The lowest BCUT2D eigenvalue weighted by Crippen LogP contribution is -2.52. The summed E-state index contributed by atoms with van der Waals surface area (Å²) in [5.74, 6) is 0.294. The zero-order valence-corrected chi connectivity index (χ0v) is 10.4. The molecule has 0 aliphatic carbocycles. The second kappa shape index (κ2) is 5.46.